The Morgan fingerprint density at radius 2 is 2.07 bits per heavy atom. The molecule has 1 rings (SSSR count). The van der Waals surface area contributed by atoms with E-state index in [2.05, 4.69) is 6.92 Å². The Hall–Kier alpha value is -0.370. The van der Waals surface area contributed by atoms with E-state index >= 15 is 0 Å². The van der Waals surface area contributed by atoms with E-state index in [9.17, 15) is 4.79 Å². The second-order valence-electron chi connectivity index (χ2n) is 4.96. The third-order valence-corrected chi connectivity index (χ3v) is 3.32. The van der Waals surface area contributed by atoms with Gasteiger partial charge in [0.1, 0.15) is 5.78 Å². The summed E-state index contributed by atoms with van der Waals surface area (Å²) in [7, 11) is 0. The lowest BCUT2D eigenvalue weighted by Crippen LogP contribution is -2.11. The van der Waals surface area contributed by atoms with Crippen molar-refractivity contribution in [3.63, 3.8) is 0 Å². The average Bonchev–Trinajstić information content (AvgIpc) is 2.99. The van der Waals surface area contributed by atoms with Crippen LogP contribution in [0.2, 0.25) is 0 Å². The maximum atomic E-state index is 11.6. The molecule has 88 valence electrons. The number of carbonyl (C=O) groups is 1. The number of rotatable bonds is 9. The van der Waals surface area contributed by atoms with Gasteiger partial charge in [-0.15, -0.1) is 0 Å². The summed E-state index contributed by atoms with van der Waals surface area (Å²) in [5.41, 5.74) is 5.57. The van der Waals surface area contributed by atoms with Gasteiger partial charge in [-0.2, -0.15) is 0 Å². The SMILES string of the molecule is CCCC(CCN)CCC(=O)CC1CC1. The summed E-state index contributed by atoms with van der Waals surface area (Å²) in [6.07, 6.45) is 8.80. The van der Waals surface area contributed by atoms with Gasteiger partial charge in [-0.1, -0.05) is 19.8 Å². The Kier molecular flexibility index (Phi) is 5.92. The lowest BCUT2D eigenvalue weighted by molar-refractivity contribution is -0.119. The van der Waals surface area contributed by atoms with Crippen LogP contribution in [0.5, 0.6) is 0 Å². The molecule has 0 heterocycles. The first-order valence-corrected chi connectivity index (χ1v) is 6.48. The molecule has 15 heavy (non-hydrogen) atoms. The van der Waals surface area contributed by atoms with Gasteiger partial charge in [0.05, 0.1) is 0 Å². The van der Waals surface area contributed by atoms with Crippen LogP contribution in [0.25, 0.3) is 0 Å². The molecule has 2 nitrogen and oxygen atoms in total. The average molecular weight is 211 g/mol. The zero-order chi connectivity index (χ0) is 11.1. The molecule has 1 fully saturated rings. The molecule has 2 N–H and O–H groups in total. The van der Waals surface area contributed by atoms with Crippen LogP contribution in [0.15, 0.2) is 0 Å². The molecule has 0 amide bonds. The zero-order valence-electron chi connectivity index (χ0n) is 10.0. The molecule has 0 radical (unpaired) electrons. The van der Waals surface area contributed by atoms with Gasteiger partial charge in [-0.3, -0.25) is 4.79 Å². The number of ketones is 1. The molecule has 2 heteroatoms. The third kappa shape index (κ3) is 5.93. The Morgan fingerprint density at radius 3 is 2.60 bits per heavy atom. The fourth-order valence-electron chi connectivity index (χ4n) is 2.19. The van der Waals surface area contributed by atoms with Gasteiger partial charge >= 0.3 is 0 Å². The lowest BCUT2D eigenvalue weighted by atomic mass is 9.93. The highest BCUT2D eigenvalue weighted by molar-refractivity contribution is 5.78. The summed E-state index contributed by atoms with van der Waals surface area (Å²) in [5.74, 6) is 1.91. The highest BCUT2D eigenvalue weighted by atomic mass is 16.1. The molecule has 0 aromatic rings. The van der Waals surface area contributed by atoms with Crippen molar-refractivity contribution in [1.82, 2.24) is 0 Å². The van der Waals surface area contributed by atoms with Crippen LogP contribution in [0.3, 0.4) is 0 Å². The summed E-state index contributed by atoms with van der Waals surface area (Å²) < 4.78 is 0. The van der Waals surface area contributed by atoms with E-state index in [0.29, 0.717) is 11.7 Å². The second kappa shape index (κ2) is 7.00. The highest BCUT2D eigenvalue weighted by Crippen LogP contribution is 2.33. The smallest absolute Gasteiger partial charge is 0.133 e. The monoisotopic (exact) mass is 211 g/mol. The first kappa shape index (κ1) is 12.7. The van der Waals surface area contributed by atoms with Gasteiger partial charge in [-0.05, 0) is 44.1 Å². The minimum atomic E-state index is 0.482. The first-order chi connectivity index (χ1) is 7.26. The minimum absolute atomic E-state index is 0.482. The van der Waals surface area contributed by atoms with E-state index in [1.165, 1.54) is 25.7 Å². The maximum absolute atomic E-state index is 11.6. The quantitative estimate of drug-likeness (QED) is 0.637. The molecule has 1 unspecified atom stereocenters. The van der Waals surface area contributed by atoms with Gasteiger partial charge in [0.2, 0.25) is 0 Å². The van der Waals surface area contributed by atoms with Crippen molar-refractivity contribution >= 4 is 5.78 Å². The Morgan fingerprint density at radius 1 is 1.33 bits per heavy atom. The summed E-state index contributed by atoms with van der Waals surface area (Å²) in [6, 6.07) is 0. The first-order valence-electron chi connectivity index (χ1n) is 6.48. The normalized spacial score (nSPS) is 17.7. The summed E-state index contributed by atoms with van der Waals surface area (Å²) in [5, 5.41) is 0. The zero-order valence-corrected chi connectivity index (χ0v) is 10.0. The van der Waals surface area contributed by atoms with Crippen molar-refractivity contribution in [1.29, 1.82) is 0 Å². The maximum Gasteiger partial charge on any atom is 0.133 e. The van der Waals surface area contributed by atoms with Crippen molar-refractivity contribution in [3.05, 3.63) is 0 Å². The lowest BCUT2D eigenvalue weighted by Gasteiger charge is -2.14. The molecule has 0 aromatic carbocycles. The summed E-state index contributed by atoms with van der Waals surface area (Å²) >= 11 is 0. The van der Waals surface area contributed by atoms with Crippen LogP contribution in [0.4, 0.5) is 0 Å². The predicted molar refractivity (Wildman–Crippen MR) is 63.7 cm³/mol. The molecular formula is C13H25NO. The van der Waals surface area contributed by atoms with Gasteiger partial charge in [0.25, 0.3) is 0 Å². The molecule has 0 aliphatic heterocycles. The molecule has 1 saturated carbocycles. The van der Waals surface area contributed by atoms with Crippen molar-refractivity contribution < 1.29 is 4.79 Å². The molecule has 0 spiro atoms. The number of carbonyl (C=O) groups excluding carboxylic acids is 1. The van der Waals surface area contributed by atoms with Crippen molar-refractivity contribution in [2.24, 2.45) is 17.6 Å². The highest BCUT2D eigenvalue weighted by Gasteiger charge is 2.24. The molecule has 1 aliphatic carbocycles. The minimum Gasteiger partial charge on any atom is -0.330 e. The molecule has 0 bridgehead atoms. The van der Waals surface area contributed by atoms with Crippen LogP contribution >= 0.6 is 0 Å². The van der Waals surface area contributed by atoms with Crippen LogP contribution in [0, 0.1) is 11.8 Å². The largest absolute Gasteiger partial charge is 0.330 e. The fourth-order valence-corrected chi connectivity index (χ4v) is 2.19. The van der Waals surface area contributed by atoms with Crippen molar-refractivity contribution in [3.8, 4) is 0 Å². The van der Waals surface area contributed by atoms with Crippen LogP contribution in [-0.2, 0) is 4.79 Å². The predicted octanol–water partition coefficient (Wildman–Crippen LogP) is 2.90. The van der Waals surface area contributed by atoms with E-state index in [0.717, 1.165) is 38.1 Å². The van der Waals surface area contributed by atoms with Crippen molar-refractivity contribution in [2.75, 3.05) is 6.54 Å². The molecule has 1 aliphatic rings. The van der Waals surface area contributed by atoms with Gasteiger partial charge < -0.3 is 5.73 Å². The fraction of sp³-hybridized carbons (Fsp3) is 0.923. The summed E-state index contributed by atoms with van der Waals surface area (Å²) in [6.45, 7) is 2.97. The van der Waals surface area contributed by atoms with Gasteiger partial charge in [-0.25, -0.2) is 0 Å². The van der Waals surface area contributed by atoms with Crippen LogP contribution < -0.4 is 5.73 Å². The van der Waals surface area contributed by atoms with E-state index in [1.807, 2.05) is 0 Å². The molecule has 0 aromatic heterocycles. The third-order valence-electron chi connectivity index (χ3n) is 3.32. The Labute approximate surface area is 93.6 Å². The van der Waals surface area contributed by atoms with E-state index in [1.54, 1.807) is 0 Å². The number of hydrogen-bond acceptors (Lipinski definition) is 2. The Bertz CT molecular complexity index is 181. The van der Waals surface area contributed by atoms with E-state index in [-0.39, 0.29) is 0 Å². The van der Waals surface area contributed by atoms with E-state index < -0.39 is 0 Å². The molecule has 0 saturated heterocycles. The topological polar surface area (TPSA) is 43.1 Å². The Balaban J connectivity index is 2.10. The van der Waals surface area contributed by atoms with Crippen LogP contribution in [-0.4, -0.2) is 12.3 Å². The number of hydrogen-bond donors (Lipinski definition) is 1. The second-order valence-corrected chi connectivity index (χ2v) is 4.96. The van der Waals surface area contributed by atoms with Gasteiger partial charge in [0.15, 0.2) is 0 Å². The summed E-state index contributed by atoms with van der Waals surface area (Å²) in [4.78, 5) is 11.6. The molecular weight excluding hydrogens is 186 g/mol. The standard InChI is InChI=1S/C13H25NO/c1-2-3-11(8-9-14)6-7-13(15)10-12-4-5-12/h11-12H,2-10,14H2,1H3. The molecule has 1 atom stereocenters. The van der Waals surface area contributed by atoms with Crippen molar-refractivity contribution in [2.45, 2.75) is 58.3 Å². The van der Waals surface area contributed by atoms with Crippen LogP contribution in [0.1, 0.15) is 58.3 Å². The number of nitrogens with two attached hydrogens (primary N) is 1. The number of Topliss-reactive ketones (excluding diaryl/α,β-unsaturated/α-hetero) is 1. The van der Waals surface area contributed by atoms with Gasteiger partial charge in [0, 0.05) is 12.8 Å². The van der Waals surface area contributed by atoms with E-state index in [4.69, 9.17) is 5.73 Å².